The van der Waals surface area contributed by atoms with Crippen molar-refractivity contribution in [1.82, 2.24) is 15.5 Å². The van der Waals surface area contributed by atoms with Gasteiger partial charge in [-0.05, 0) is 31.4 Å². The van der Waals surface area contributed by atoms with E-state index in [-0.39, 0.29) is 36.4 Å². The fourth-order valence-electron chi connectivity index (χ4n) is 3.28. The molecule has 7 nitrogen and oxygen atoms in total. The zero-order chi connectivity index (χ0) is 22.5. The van der Waals surface area contributed by atoms with Crippen LogP contribution in [0.5, 0.6) is 5.75 Å². The topological polar surface area (TPSA) is 75.2 Å². The monoisotopic (exact) mass is 560 g/mol. The third-order valence-corrected chi connectivity index (χ3v) is 5.37. The van der Waals surface area contributed by atoms with E-state index in [1.807, 2.05) is 0 Å². The van der Waals surface area contributed by atoms with Crippen molar-refractivity contribution in [3.05, 3.63) is 29.3 Å². The van der Waals surface area contributed by atoms with Crippen LogP contribution in [-0.2, 0) is 16.1 Å². The van der Waals surface area contributed by atoms with Gasteiger partial charge in [-0.3, -0.25) is 4.79 Å². The molecule has 0 spiro atoms. The van der Waals surface area contributed by atoms with Gasteiger partial charge >= 0.3 is 0 Å². The number of benzene rings is 1. The van der Waals surface area contributed by atoms with E-state index in [2.05, 4.69) is 42.7 Å². The summed E-state index contributed by atoms with van der Waals surface area (Å²) < 4.78 is 11.5. The van der Waals surface area contributed by atoms with E-state index in [1.165, 1.54) is 24.8 Å². The molecule has 0 radical (unpaired) electrons. The molecule has 32 heavy (non-hydrogen) atoms. The summed E-state index contributed by atoms with van der Waals surface area (Å²) in [6, 6.07) is 6.24. The molecular formula is C24H41IN4O3. The first kappa shape index (κ1) is 28.5. The van der Waals surface area contributed by atoms with Crippen LogP contribution in [0, 0.1) is 12.8 Å². The first-order valence-corrected chi connectivity index (χ1v) is 11.5. The lowest BCUT2D eigenvalue weighted by Gasteiger charge is -2.17. The van der Waals surface area contributed by atoms with Crippen LogP contribution in [0.4, 0.5) is 0 Å². The summed E-state index contributed by atoms with van der Waals surface area (Å²) in [6.07, 6.45) is 5.77. The van der Waals surface area contributed by atoms with Gasteiger partial charge in [-0.15, -0.1) is 24.0 Å². The highest BCUT2D eigenvalue weighted by atomic mass is 127. The van der Waals surface area contributed by atoms with Gasteiger partial charge in [0.2, 0.25) is 5.91 Å². The van der Waals surface area contributed by atoms with Gasteiger partial charge in [0.15, 0.2) is 5.96 Å². The van der Waals surface area contributed by atoms with E-state index in [4.69, 9.17) is 14.5 Å². The van der Waals surface area contributed by atoms with Crippen molar-refractivity contribution < 1.29 is 14.3 Å². The zero-order valence-corrected chi connectivity index (χ0v) is 22.4. The van der Waals surface area contributed by atoms with Gasteiger partial charge in [0.1, 0.15) is 5.75 Å². The van der Waals surface area contributed by atoms with Crippen LogP contribution in [0.3, 0.4) is 0 Å². The average Bonchev–Trinajstić information content (AvgIpc) is 3.27. The van der Waals surface area contributed by atoms with E-state index in [0.29, 0.717) is 18.4 Å². The van der Waals surface area contributed by atoms with Gasteiger partial charge < -0.3 is 25.0 Å². The van der Waals surface area contributed by atoms with Gasteiger partial charge in [0, 0.05) is 38.7 Å². The normalized spacial score (nSPS) is 15.8. The maximum Gasteiger partial charge on any atom is 0.241 e. The lowest BCUT2D eigenvalue weighted by Crippen LogP contribution is -2.44. The van der Waals surface area contributed by atoms with Crippen molar-refractivity contribution in [2.75, 3.05) is 47.0 Å². The molecule has 2 N–H and O–H groups in total. The molecule has 8 heteroatoms. The minimum absolute atomic E-state index is 0. The highest BCUT2D eigenvalue weighted by Gasteiger charge is 2.16. The highest BCUT2D eigenvalue weighted by molar-refractivity contribution is 14.0. The second kappa shape index (κ2) is 16.1. The second-order valence-corrected chi connectivity index (χ2v) is 8.44. The Hall–Kier alpha value is -1.55. The van der Waals surface area contributed by atoms with Crippen LogP contribution in [0.25, 0.3) is 0 Å². The third kappa shape index (κ3) is 10.8. The summed E-state index contributed by atoms with van der Waals surface area (Å²) in [7, 11) is 3.50. The third-order valence-electron chi connectivity index (χ3n) is 5.37. The Morgan fingerprint density at radius 3 is 2.75 bits per heavy atom. The highest BCUT2D eigenvalue weighted by Crippen LogP contribution is 2.22. The fraction of sp³-hybridized carbons (Fsp3) is 0.667. The number of nitrogens with one attached hydrogen (secondary N) is 2. The first-order valence-electron chi connectivity index (χ1n) is 11.5. The summed E-state index contributed by atoms with van der Waals surface area (Å²) in [4.78, 5) is 18.3. The Bertz CT molecular complexity index is 706. The molecule has 0 aliphatic carbocycles. The smallest absolute Gasteiger partial charge is 0.241 e. The number of hydrogen-bond acceptors (Lipinski definition) is 4. The number of halogens is 1. The molecule has 1 aliphatic heterocycles. The van der Waals surface area contributed by atoms with Gasteiger partial charge in [-0.1, -0.05) is 38.3 Å². The molecule has 1 aromatic rings. The van der Waals surface area contributed by atoms with Crippen LogP contribution in [-0.4, -0.2) is 63.8 Å². The number of guanidine groups is 1. The van der Waals surface area contributed by atoms with Gasteiger partial charge in [0.25, 0.3) is 0 Å². The van der Waals surface area contributed by atoms with Crippen LogP contribution < -0.4 is 15.4 Å². The molecule has 1 saturated heterocycles. The molecule has 1 aliphatic rings. The number of carbonyl (C=O) groups is 1. The van der Waals surface area contributed by atoms with Crippen LogP contribution in [0.15, 0.2) is 23.2 Å². The molecule has 1 atom stereocenters. The second-order valence-electron chi connectivity index (χ2n) is 8.44. The van der Waals surface area contributed by atoms with Crippen molar-refractivity contribution in [3.8, 4) is 5.75 Å². The van der Waals surface area contributed by atoms with Gasteiger partial charge in [-0.2, -0.15) is 0 Å². The van der Waals surface area contributed by atoms with E-state index in [0.717, 1.165) is 50.5 Å². The van der Waals surface area contributed by atoms with Crippen LogP contribution in [0.2, 0.25) is 0 Å². The summed E-state index contributed by atoms with van der Waals surface area (Å²) in [5.74, 6) is 2.01. The van der Waals surface area contributed by atoms with E-state index < -0.39 is 0 Å². The quantitative estimate of drug-likeness (QED) is 0.177. The zero-order valence-electron chi connectivity index (χ0n) is 20.1. The Labute approximate surface area is 210 Å². The molecule has 1 fully saturated rings. The molecule has 1 heterocycles. The Morgan fingerprint density at radius 1 is 1.25 bits per heavy atom. The molecule has 1 unspecified atom stereocenters. The number of rotatable bonds is 12. The minimum atomic E-state index is 0. The summed E-state index contributed by atoms with van der Waals surface area (Å²) in [6.45, 7) is 8.05. The predicted molar refractivity (Wildman–Crippen MR) is 141 cm³/mol. The first-order chi connectivity index (χ1) is 15.0. The SMILES string of the molecule is CCCCCCOc1cc(C)ccc1CN=C(NCC(=O)N(C)C)NCC1CCOC1.I. The molecule has 0 saturated carbocycles. The maximum atomic E-state index is 12.0. The van der Waals surface area contributed by atoms with Gasteiger partial charge in [-0.25, -0.2) is 4.99 Å². The van der Waals surface area contributed by atoms with E-state index in [1.54, 1.807) is 19.0 Å². The minimum Gasteiger partial charge on any atom is -0.493 e. The van der Waals surface area contributed by atoms with Crippen molar-refractivity contribution >= 4 is 35.8 Å². The Morgan fingerprint density at radius 2 is 2.06 bits per heavy atom. The average molecular weight is 561 g/mol. The number of aliphatic imine (C=N–C) groups is 1. The number of nitrogens with zero attached hydrogens (tertiary/aromatic N) is 2. The number of hydrogen-bond donors (Lipinski definition) is 2. The molecule has 1 amide bonds. The van der Waals surface area contributed by atoms with Crippen LogP contribution in [0.1, 0.15) is 50.2 Å². The Kier molecular flexibility index (Phi) is 14.4. The van der Waals surface area contributed by atoms with E-state index in [9.17, 15) is 4.79 Å². The lowest BCUT2D eigenvalue weighted by atomic mass is 10.1. The number of ether oxygens (including phenoxy) is 2. The van der Waals surface area contributed by atoms with Crippen molar-refractivity contribution in [2.24, 2.45) is 10.9 Å². The largest absolute Gasteiger partial charge is 0.493 e. The lowest BCUT2D eigenvalue weighted by molar-refractivity contribution is -0.127. The number of likely N-dealkylation sites (N-methyl/N-ethyl adjacent to an activating group) is 1. The number of unbranched alkanes of at least 4 members (excludes halogenated alkanes) is 3. The Balaban J connectivity index is 0.00000512. The summed E-state index contributed by atoms with van der Waals surface area (Å²) in [5.41, 5.74) is 2.22. The maximum absolute atomic E-state index is 12.0. The molecule has 0 bridgehead atoms. The van der Waals surface area contributed by atoms with Crippen molar-refractivity contribution in [1.29, 1.82) is 0 Å². The molecule has 1 aromatic carbocycles. The van der Waals surface area contributed by atoms with Crippen LogP contribution >= 0.6 is 24.0 Å². The summed E-state index contributed by atoms with van der Waals surface area (Å²) in [5, 5.41) is 6.53. The van der Waals surface area contributed by atoms with Crippen molar-refractivity contribution in [3.63, 3.8) is 0 Å². The molecular weight excluding hydrogens is 519 g/mol. The molecule has 0 aromatic heterocycles. The number of aryl methyl sites for hydroxylation is 1. The fourth-order valence-corrected chi connectivity index (χ4v) is 3.28. The standard InChI is InChI=1S/C24H40N4O3.HI/c1-5-6-7-8-12-31-22-14-19(2)9-10-21(22)16-26-24(27-17-23(29)28(3)4)25-15-20-11-13-30-18-20;/h9-10,14,20H,5-8,11-13,15-18H2,1-4H3,(H2,25,26,27);1H. The predicted octanol–water partition coefficient (Wildman–Crippen LogP) is 3.73. The van der Waals surface area contributed by atoms with Gasteiger partial charge in [0.05, 0.1) is 26.3 Å². The van der Waals surface area contributed by atoms with E-state index >= 15 is 0 Å². The summed E-state index contributed by atoms with van der Waals surface area (Å²) >= 11 is 0. The number of amides is 1. The molecule has 2 rings (SSSR count). The number of carbonyl (C=O) groups excluding carboxylic acids is 1. The molecule has 182 valence electrons. The van der Waals surface area contributed by atoms with Crippen molar-refractivity contribution in [2.45, 2.75) is 52.5 Å².